The van der Waals surface area contributed by atoms with E-state index in [1.165, 1.54) is 17.3 Å². The van der Waals surface area contributed by atoms with Crippen LogP contribution in [0.1, 0.15) is 61.6 Å². The highest BCUT2D eigenvalue weighted by molar-refractivity contribution is 7.99. The van der Waals surface area contributed by atoms with Crippen LogP contribution >= 0.6 is 11.8 Å². The van der Waals surface area contributed by atoms with Gasteiger partial charge in [-0.15, -0.1) is 6.58 Å². The first-order valence-electron chi connectivity index (χ1n) is 10.0. The number of H-pyrrole nitrogens is 1. The van der Waals surface area contributed by atoms with Gasteiger partial charge in [-0.3, -0.25) is 9.59 Å². The van der Waals surface area contributed by atoms with Crippen molar-refractivity contribution in [3.05, 3.63) is 75.2 Å². The standard InChI is InChI=1S/C23H25N3O2S/c1-4-12-29-23-25-21-20(22(28)26-23)18(15-10-8-14(9-11-15)13(2)3)19-16(24-21)6-5-7-17(19)27/h4,8-11,13,18H,1,5-7,12H2,2-3H3,(H2,24,25,26,28). The van der Waals surface area contributed by atoms with Crippen LogP contribution in [0.15, 0.2) is 58.1 Å². The SMILES string of the molecule is C=CCSc1nc2c(c(=O)[nH]1)C(c1ccc(C(C)C)cc1)C1=C(CCCC1=O)N2. The van der Waals surface area contributed by atoms with E-state index in [4.69, 9.17) is 0 Å². The van der Waals surface area contributed by atoms with E-state index in [1.54, 1.807) is 6.08 Å². The van der Waals surface area contributed by atoms with Crippen LogP contribution < -0.4 is 10.9 Å². The monoisotopic (exact) mass is 407 g/mol. The van der Waals surface area contributed by atoms with Gasteiger partial charge in [0.1, 0.15) is 5.82 Å². The third-order valence-electron chi connectivity index (χ3n) is 5.51. The maximum Gasteiger partial charge on any atom is 0.257 e. The fourth-order valence-corrected chi connectivity index (χ4v) is 4.65. The van der Waals surface area contributed by atoms with Crippen molar-refractivity contribution in [3.63, 3.8) is 0 Å². The van der Waals surface area contributed by atoms with Crippen LogP contribution in [0.25, 0.3) is 0 Å². The summed E-state index contributed by atoms with van der Waals surface area (Å²) >= 11 is 1.43. The number of rotatable bonds is 5. The Morgan fingerprint density at radius 2 is 2.00 bits per heavy atom. The number of benzene rings is 1. The minimum atomic E-state index is -0.384. The van der Waals surface area contributed by atoms with Gasteiger partial charge in [0.05, 0.1) is 5.56 Å². The summed E-state index contributed by atoms with van der Waals surface area (Å²) in [6, 6.07) is 8.26. The maximum absolute atomic E-state index is 13.1. The molecule has 2 aromatic rings. The van der Waals surface area contributed by atoms with Crippen molar-refractivity contribution < 1.29 is 4.79 Å². The molecular formula is C23H25N3O2S. The molecule has 2 aliphatic rings. The van der Waals surface area contributed by atoms with Gasteiger partial charge in [-0.05, 0) is 29.9 Å². The Labute approximate surface area is 174 Å². The number of Topliss-reactive ketones (excluding diaryl/α,β-unsaturated/α-hetero) is 1. The topological polar surface area (TPSA) is 74.8 Å². The molecule has 0 saturated carbocycles. The Bertz CT molecular complexity index is 1050. The molecule has 2 heterocycles. The average molecular weight is 408 g/mol. The number of carbonyl (C=O) groups is 1. The minimum absolute atomic E-state index is 0.117. The van der Waals surface area contributed by atoms with E-state index < -0.39 is 0 Å². The molecule has 1 aliphatic carbocycles. The van der Waals surface area contributed by atoms with Gasteiger partial charge in [0, 0.05) is 29.4 Å². The molecule has 0 bridgehead atoms. The molecule has 4 rings (SSSR count). The van der Waals surface area contributed by atoms with Crippen molar-refractivity contribution in [3.8, 4) is 0 Å². The number of nitrogens with one attached hydrogen (secondary N) is 2. The fraction of sp³-hybridized carbons (Fsp3) is 0.348. The van der Waals surface area contributed by atoms with Crippen LogP contribution in [0.2, 0.25) is 0 Å². The smallest absolute Gasteiger partial charge is 0.257 e. The molecule has 29 heavy (non-hydrogen) atoms. The summed E-state index contributed by atoms with van der Waals surface area (Å²) < 4.78 is 0. The largest absolute Gasteiger partial charge is 0.343 e. The molecule has 0 amide bonds. The fourth-order valence-electron chi connectivity index (χ4n) is 4.05. The highest BCUT2D eigenvalue weighted by Gasteiger charge is 2.37. The molecule has 150 valence electrons. The molecule has 0 saturated heterocycles. The van der Waals surface area contributed by atoms with Crippen LogP contribution in [-0.2, 0) is 4.79 Å². The molecule has 1 aromatic heterocycles. The molecule has 1 unspecified atom stereocenters. The Hall–Kier alpha value is -2.60. The van der Waals surface area contributed by atoms with Crippen LogP contribution in [0.3, 0.4) is 0 Å². The van der Waals surface area contributed by atoms with Crippen LogP contribution in [0.5, 0.6) is 0 Å². The van der Waals surface area contributed by atoms with Crippen LogP contribution in [0.4, 0.5) is 5.82 Å². The zero-order valence-electron chi connectivity index (χ0n) is 16.7. The van der Waals surface area contributed by atoms with Crippen molar-refractivity contribution in [2.75, 3.05) is 11.1 Å². The number of thioether (sulfide) groups is 1. The molecule has 5 nitrogen and oxygen atoms in total. The van der Waals surface area contributed by atoms with Gasteiger partial charge in [0.2, 0.25) is 0 Å². The Morgan fingerprint density at radius 1 is 1.24 bits per heavy atom. The first-order chi connectivity index (χ1) is 14.0. The second-order valence-electron chi connectivity index (χ2n) is 7.78. The summed E-state index contributed by atoms with van der Waals surface area (Å²) in [5.41, 5.74) is 4.15. The molecule has 0 radical (unpaired) electrons. The highest BCUT2D eigenvalue weighted by atomic mass is 32.2. The first-order valence-corrected chi connectivity index (χ1v) is 11.0. The Balaban J connectivity index is 1.87. The van der Waals surface area contributed by atoms with E-state index in [0.29, 0.717) is 34.6 Å². The van der Waals surface area contributed by atoms with E-state index in [1.807, 2.05) is 12.1 Å². The zero-order chi connectivity index (χ0) is 20.5. The summed E-state index contributed by atoms with van der Waals surface area (Å²) in [5, 5.41) is 3.86. The lowest BCUT2D eigenvalue weighted by molar-refractivity contribution is -0.116. The van der Waals surface area contributed by atoms with Crippen molar-refractivity contribution >= 4 is 23.4 Å². The summed E-state index contributed by atoms with van der Waals surface area (Å²) in [6.07, 6.45) is 3.91. The normalized spacial score (nSPS) is 18.3. The lowest BCUT2D eigenvalue weighted by atomic mass is 9.76. The van der Waals surface area contributed by atoms with Crippen molar-refractivity contribution in [2.45, 2.75) is 50.1 Å². The molecular weight excluding hydrogens is 382 g/mol. The molecule has 1 aromatic carbocycles. The second kappa shape index (κ2) is 8.03. The van der Waals surface area contributed by atoms with Crippen LogP contribution in [-0.4, -0.2) is 21.5 Å². The number of carbonyl (C=O) groups excluding carboxylic acids is 1. The molecule has 0 spiro atoms. The van der Waals surface area contributed by atoms with E-state index in [0.717, 1.165) is 29.7 Å². The van der Waals surface area contributed by atoms with Gasteiger partial charge in [0.15, 0.2) is 10.9 Å². The third-order valence-corrected chi connectivity index (χ3v) is 6.38. The van der Waals surface area contributed by atoms with Crippen molar-refractivity contribution in [1.29, 1.82) is 0 Å². The number of allylic oxidation sites excluding steroid dienone is 2. The lowest BCUT2D eigenvalue weighted by Crippen LogP contribution is -2.32. The van der Waals surface area contributed by atoms with Gasteiger partial charge >= 0.3 is 0 Å². The molecule has 2 N–H and O–H groups in total. The molecule has 6 heteroatoms. The average Bonchev–Trinajstić information content (AvgIpc) is 2.71. The second-order valence-corrected chi connectivity index (χ2v) is 8.79. The van der Waals surface area contributed by atoms with E-state index in [-0.39, 0.29) is 17.3 Å². The number of hydrogen-bond donors (Lipinski definition) is 2. The maximum atomic E-state index is 13.1. The third kappa shape index (κ3) is 3.69. The summed E-state index contributed by atoms with van der Waals surface area (Å²) in [5.74, 6) is 1.38. The first kappa shape index (κ1) is 19.7. The van der Waals surface area contributed by atoms with Gasteiger partial charge in [-0.2, -0.15) is 0 Å². The minimum Gasteiger partial charge on any atom is -0.343 e. The number of hydrogen-bond acceptors (Lipinski definition) is 5. The molecule has 0 fully saturated rings. The summed E-state index contributed by atoms with van der Waals surface area (Å²) in [4.78, 5) is 33.5. The Kier molecular flexibility index (Phi) is 5.46. The summed E-state index contributed by atoms with van der Waals surface area (Å²) in [6.45, 7) is 8.02. The van der Waals surface area contributed by atoms with Crippen LogP contribution in [0, 0.1) is 0 Å². The Morgan fingerprint density at radius 3 is 2.69 bits per heavy atom. The number of nitrogens with zero attached hydrogens (tertiary/aromatic N) is 1. The van der Waals surface area contributed by atoms with Gasteiger partial charge in [-0.1, -0.05) is 56.0 Å². The van der Waals surface area contributed by atoms with Gasteiger partial charge in [-0.25, -0.2) is 4.98 Å². The van der Waals surface area contributed by atoms with Gasteiger partial charge in [0.25, 0.3) is 5.56 Å². The highest BCUT2D eigenvalue weighted by Crippen LogP contribution is 2.43. The van der Waals surface area contributed by atoms with E-state index >= 15 is 0 Å². The molecule has 1 aliphatic heterocycles. The number of fused-ring (bicyclic) bond motifs is 1. The number of anilines is 1. The van der Waals surface area contributed by atoms with Crippen molar-refractivity contribution in [1.82, 2.24) is 9.97 Å². The molecule has 1 atom stereocenters. The predicted molar refractivity (Wildman–Crippen MR) is 118 cm³/mol. The lowest BCUT2D eigenvalue weighted by Gasteiger charge is -2.32. The van der Waals surface area contributed by atoms with Gasteiger partial charge < -0.3 is 10.3 Å². The predicted octanol–water partition coefficient (Wildman–Crippen LogP) is 4.74. The number of aromatic nitrogens is 2. The number of aromatic amines is 1. The number of ketones is 1. The van der Waals surface area contributed by atoms with E-state index in [2.05, 4.69) is 47.8 Å². The van der Waals surface area contributed by atoms with E-state index in [9.17, 15) is 9.59 Å². The zero-order valence-corrected chi connectivity index (χ0v) is 17.6. The summed E-state index contributed by atoms with van der Waals surface area (Å²) in [7, 11) is 0. The van der Waals surface area contributed by atoms with Crippen molar-refractivity contribution in [2.24, 2.45) is 0 Å². The quantitative estimate of drug-likeness (QED) is 0.426.